The van der Waals surface area contributed by atoms with Crippen LogP contribution in [0, 0.1) is 12.8 Å². The van der Waals surface area contributed by atoms with Crippen LogP contribution in [0.5, 0.6) is 0 Å². The molecular weight excluding hydrogens is 404 g/mol. The second-order valence-electron chi connectivity index (χ2n) is 8.14. The minimum absolute atomic E-state index is 0.0801. The van der Waals surface area contributed by atoms with E-state index in [0.29, 0.717) is 11.7 Å². The molecule has 2 aliphatic heterocycles. The highest BCUT2D eigenvalue weighted by Gasteiger charge is 2.50. The van der Waals surface area contributed by atoms with E-state index in [-0.39, 0.29) is 17.6 Å². The monoisotopic (exact) mass is 434 g/mol. The summed E-state index contributed by atoms with van der Waals surface area (Å²) in [6.45, 7) is 6.60. The first-order chi connectivity index (χ1) is 14.5. The molecule has 2 fully saturated rings. The number of hydrogen-bond donors (Lipinski definition) is 4. The van der Waals surface area contributed by atoms with Gasteiger partial charge in [0.15, 0.2) is 5.17 Å². The highest BCUT2D eigenvalue weighted by Crippen LogP contribution is 2.41. The summed E-state index contributed by atoms with van der Waals surface area (Å²) in [5.41, 5.74) is 2.08. The molecule has 0 spiro atoms. The highest BCUT2D eigenvalue weighted by atomic mass is 32.2. The van der Waals surface area contributed by atoms with Gasteiger partial charge < -0.3 is 25.6 Å². The van der Waals surface area contributed by atoms with Gasteiger partial charge in [-0.1, -0.05) is 29.5 Å². The van der Waals surface area contributed by atoms with E-state index in [1.807, 2.05) is 31.2 Å². The van der Waals surface area contributed by atoms with Crippen LogP contribution in [-0.2, 0) is 9.53 Å². The maximum absolute atomic E-state index is 12.9. The molecular formula is C21H30N4O4S. The van der Waals surface area contributed by atoms with Gasteiger partial charge in [-0.2, -0.15) is 0 Å². The number of amides is 1. The molecule has 1 aliphatic carbocycles. The lowest BCUT2D eigenvalue weighted by atomic mass is 9.81. The molecule has 0 radical (unpaired) electrons. The molecule has 0 aromatic heterocycles. The third kappa shape index (κ3) is 4.97. The van der Waals surface area contributed by atoms with Gasteiger partial charge in [-0.3, -0.25) is 14.7 Å². The summed E-state index contributed by atoms with van der Waals surface area (Å²) in [6.07, 6.45) is -1.67. The fraction of sp³-hybridized carbons (Fsp3) is 0.619. The Morgan fingerprint density at radius 3 is 2.73 bits per heavy atom. The van der Waals surface area contributed by atoms with E-state index in [1.165, 1.54) is 17.3 Å². The molecule has 5 unspecified atom stereocenters. The van der Waals surface area contributed by atoms with E-state index in [2.05, 4.69) is 20.5 Å². The van der Waals surface area contributed by atoms with Crippen LogP contribution in [0.25, 0.3) is 0 Å². The molecule has 2 heterocycles. The number of aryl methyl sites for hydroxylation is 1. The van der Waals surface area contributed by atoms with Crippen molar-refractivity contribution in [2.75, 3.05) is 44.7 Å². The predicted octanol–water partition coefficient (Wildman–Crippen LogP) is 0.437. The van der Waals surface area contributed by atoms with Crippen LogP contribution in [0.1, 0.15) is 12.0 Å². The van der Waals surface area contributed by atoms with Crippen molar-refractivity contribution in [2.24, 2.45) is 10.9 Å². The molecule has 4 N–H and O–H groups in total. The lowest BCUT2D eigenvalue weighted by Gasteiger charge is -2.37. The van der Waals surface area contributed by atoms with Gasteiger partial charge in [-0.15, -0.1) is 0 Å². The van der Waals surface area contributed by atoms with Crippen molar-refractivity contribution < 1.29 is 19.7 Å². The van der Waals surface area contributed by atoms with Crippen molar-refractivity contribution in [1.29, 1.82) is 0 Å². The van der Waals surface area contributed by atoms with Crippen molar-refractivity contribution in [3.63, 3.8) is 0 Å². The van der Waals surface area contributed by atoms with Gasteiger partial charge >= 0.3 is 0 Å². The average Bonchev–Trinajstić information content (AvgIpc) is 3.17. The zero-order valence-corrected chi connectivity index (χ0v) is 18.0. The number of thioether (sulfide) groups is 1. The normalized spacial score (nSPS) is 31.7. The Labute approximate surface area is 181 Å². The molecule has 0 bridgehead atoms. The summed E-state index contributed by atoms with van der Waals surface area (Å²) in [4.78, 5) is 19.8. The lowest BCUT2D eigenvalue weighted by Crippen LogP contribution is -2.54. The zero-order chi connectivity index (χ0) is 21.1. The number of nitrogens with zero attached hydrogens (tertiary/aromatic N) is 2. The number of aliphatic imine (C=N–C) groups is 1. The van der Waals surface area contributed by atoms with Crippen LogP contribution in [0.3, 0.4) is 0 Å². The SMILES string of the molecule is Cc1ccc(NC2=NC3C(O)C(O)CC(C(=O)NCCN4CCOCC4)C3S2)cc1. The molecule has 4 rings (SSSR count). The highest BCUT2D eigenvalue weighted by molar-refractivity contribution is 8.15. The third-order valence-corrected chi connectivity index (χ3v) is 7.27. The summed E-state index contributed by atoms with van der Waals surface area (Å²) < 4.78 is 5.35. The fourth-order valence-electron chi connectivity index (χ4n) is 4.16. The zero-order valence-electron chi connectivity index (χ0n) is 17.2. The number of ether oxygens (including phenoxy) is 1. The van der Waals surface area contributed by atoms with Gasteiger partial charge in [0, 0.05) is 37.1 Å². The average molecular weight is 435 g/mol. The molecule has 1 saturated heterocycles. The largest absolute Gasteiger partial charge is 0.390 e. The number of hydrogen-bond acceptors (Lipinski definition) is 8. The number of amidine groups is 1. The van der Waals surface area contributed by atoms with Gasteiger partial charge in [-0.05, 0) is 25.5 Å². The number of nitrogens with one attached hydrogen (secondary N) is 2. The second-order valence-corrected chi connectivity index (χ2v) is 9.31. The quantitative estimate of drug-likeness (QED) is 0.533. The van der Waals surface area contributed by atoms with Crippen molar-refractivity contribution in [3.8, 4) is 0 Å². The standard InChI is InChI=1S/C21H30N4O4S/c1-13-2-4-14(5-3-13)23-21-24-17-18(27)16(26)12-15(19(17)30-21)20(28)22-6-7-25-8-10-29-11-9-25/h2-5,15-19,26-27H,6-12H2,1H3,(H,22,28)(H,23,24). The molecule has 30 heavy (non-hydrogen) atoms. The Hall–Kier alpha value is -1.65. The van der Waals surface area contributed by atoms with Crippen LogP contribution in [0.4, 0.5) is 5.69 Å². The van der Waals surface area contributed by atoms with Crippen molar-refractivity contribution in [3.05, 3.63) is 29.8 Å². The number of fused-ring (bicyclic) bond motifs is 1. The van der Waals surface area contributed by atoms with Crippen molar-refractivity contribution in [1.82, 2.24) is 10.2 Å². The Morgan fingerprint density at radius 1 is 1.27 bits per heavy atom. The Balaban J connectivity index is 1.36. The molecule has 3 aliphatic rings. The van der Waals surface area contributed by atoms with Crippen LogP contribution in [0.15, 0.2) is 29.3 Å². The minimum Gasteiger partial charge on any atom is -0.390 e. The molecule has 1 saturated carbocycles. The van der Waals surface area contributed by atoms with E-state index >= 15 is 0 Å². The first kappa shape index (κ1) is 21.6. The first-order valence-electron chi connectivity index (χ1n) is 10.5. The number of aliphatic hydroxyl groups excluding tert-OH is 2. The predicted molar refractivity (Wildman–Crippen MR) is 118 cm³/mol. The summed E-state index contributed by atoms with van der Waals surface area (Å²) >= 11 is 1.48. The summed E-state index contributed by atoms with van der Waals surface area (Å²) in [6, 6.07) is 7.47. The second kappa shape index (κ2) is 9.65. The van der Waals surface area contributed by atoms with Gasteiger partial charge in [0.25, 0.3) is 0 Å². The fourth-order valence-corrected chi connectivity index (χ4v) is 5.54. The molecule has 9 heteroatoms. The molecule has 8 nitrogen and oxygen atoms in total. The van der Waals surface area contributed by atoms with Gasteiger partial charge in [0.05, 0.1) is 31.3 Å². The maximum atomic E-state index is 12.9. The van der Waals surface area contributed by atoms with Crippen LogP contribution in [-0.4, -0.2) is 89.1 Å². The van der Waals surface area contributed by atoms with Gasteiger partial charge in [0.2, 0.25) is 5.91 Å². The van der Waals surface area contributed by atoms with E-state index in [9.17, 15) is 15.0 Å². The smallest absolute Gasteiger partial charge is 0.224 e. The van der Waals surface area contributed by atoms with Gasteiger partial charge in [-0.25, -0.2) is 0 Å². The summed E-state index contributed by atoms with van der Waals surface area (Å²) in [5, 5.41) is 27.6. The van der Waals surface area contributed by atoms with Crippen LogP contribution >= 0.6 is 11.8 Å². The van der Waals surface area contributed by atoms with E-state index in [1.54, 1.807) is 0 Å². The number of carbonyl (C=O) groups excluding carboxylic acids is 1. The van der Waals surface area contributed by atoms with Crippen LogP contribution in [0.2, 0.25) is 0 Å². The van der Waals surface area contributed by atoms with Crippen molar-refractivity contribution >= 4 is 28.5 Å². The van der Waals surface area contributed by atoms with Crippen molar-refractivity contribution in [2.45, 2.75) is 36.8 Å². The first-order valence-corrected chi connectivity index (χ1v) is 11.4. The Bertz CT molecular complexity index is 769. The number of rotatable bonds is 5. The minimum atomic E-state index is -0.961. The molecule has 164 valence electrons. The maximum Gasteiger partial charge on any atom is 0.224 e. The third-order valence-electron chi connectivity index (χ3n) is 5.96. The van der Waals surface area contributed by atoms with E-state index in [0.717, 1.165) is 38.5 Å². The number of anilines is 1. The number of aliphatic hydroxyl groups is 2. The molecule has 1 amide bonds. The summed E-state index contributed by atoms with van der Waals surface area (Å²) in [7, 11) is 0. The number of morpholine rings is 1. The Kier molecular flexibility index (Phi) is 6.94. The van der Waals surface area contributed by atoms with Gasteiger partial charge in [0.1, 0.15) is 6.10 Å². The van der Waals surface area contributed by atoms with E-state index < -0.39 is 24.2 Å². The number of carbonyl (C=O) groups is 1. The Morgan fingerprint density at radius 2 is 2.00 bits per heavy atom. The van der Waals surface area contributed by atoms with Crippen LogP contribution < -0.4 is 10.6 Å². The number of benzene rings is 1. The molecule has 1 aromatic carbocycles. The summed E-state index contributed by atoms with van der Waals surface area (Å²) in [5.74, 6) is -0.479. The molecule has 5 atom stereocenters. The molecule has 1 aromatic rings. The topological polar surface area (TPSA) is 106 Å². The lowest BCUT2D eigenvalue weighted by molar-refractivity contribution is -0.129. The van der Waals surface area contributed by atoms with E-state index in [4.69, 9.17) is 4.74 Å².